The molecule has 4 aromatic carbocycles. The molecule has 0 saturated carbocycles. The second-order valence-corrected chi connectivity index (χ2v) is 11.3. The van der Waals surface area contributed by atoms with Crippen LogP contribution in [0.25, 0.3) is 88.6 Å². The largest absolute Gasteiger partial charge is 0.398 e. The molecule has 0 amide bonds. The lowest BCUT2D eigenvalue weighted by molar-refractivity contribution is 1.40. The van der Waals surface area contributed by atoms with Crippen molar-refractivity contribution in [3.05, 3.63) is 97.1 Å². The summed E-state index contributed by atoms with van der Waals surface area (Å²) in [6.07, 6.45) is 0. The van der Waals surface area contributed by atoms with Gasteiger partial charge in [0.1, 0.15) is 0 Å². The Bertz CT molecular complexity index is 2380. The molecule has 210 valence electrons. The Labute approximate surface area is 251 Å². The molecule has 7 aromatic rings. The number of hydrogen-bond acceptors (Lipinski definition) is 6. The summed E-state index contributed by atoms with van der Waals surface area (Å²) in [7, 11) is 0. The van der Waals surface area contributed by atoms with E-state index in [2.05, 4.69) is 22.1 Å². The summed E-state index contributed by atoms with van der Waals surface area (Å²) < 4.78 is 0. The topological polar surface area (TPSA) is 161 Å². The van der Waals surface area contributed by atoms with Gasteiger partial charge < -0.3 is 32.9 Å². The molecule has 10 N–H and O–H groups in total. The van der Waals surface area contributed by atoms with Gasteiger partial charge in [-0.15, -0.1) is 0 Å². The first-order valence-electron chi connectivity index (χ1n) is 14.3. The van der Waals surface area contributed by atoms with Crippen molar-refractivity contribution in [1.82, 2.24) is 19.9 Å². The normalized spacial score (nSPS) is 12.0. The van der Waals surface area contributed by atoms with E-state index in [9.17, 15) is 0 Å². The van der Waals surface area contributed by atoms with Gasteiger partial charge in [-0.2, -0.15) is 0 Å². The third-order valence-electron chi connectivity index (χ3n) is 8.71. The number of benzene rings is 4. The molecule has 5 heterocycles. The van der Waals surface area contributed by atoms with Crippen LogP contribution in [0.5, 0.6) is 0 Å². The molecule has 2 aliphatic heterocycles. The highest BCUT2D eigenvalue weighted by atomic mass is 14.8. The Morgan fingerprint density at radius 1 is 0.409 bits per heavy atom. The molecule has 0 radical (unpaired) electrons. The number of nitrogens with one attached hydrogen (secondary N) is 2. The first-order chi connectivity index (χ1) is 21.4. The fraction of sp³-hybridized carbons (Fsp3) is 0. The van der Waals surface area contributed by atoms with Crippen molar-refractivity contribution in [2.24, 2.45) is 0 Å². The molecule has 44 heavy (non-hydrogen) atoms. The molecule has 0 unspecified atom stereocenters. The summed E-state index contributed by atoms with van der Waals surface area (Å²) >= 11 is 0. The lowest BCUT2D eigenvalue weighted by Gasteiger charge is -2.03. The summed E-state index contributed by atoms with van der Waals surface area (Å²) in [6, 6.07) is 31.8. The van der Waals surface area contributed by atoms with E-state index in [4.69, 9.17) is 32.9 Å². The second-order valence-electron chi connectivity index (χ2n) is 11.3. The summed E-state index contributed by atoms with van der Waals surface area (Å²) in [5.74, 6) is 0. The number of hydrogen-bond donors (Lipinski definition) is 6. The van der Waals surface area contributed by atoms with Crippen LogP contribution in [0.4, 0.5) is 22.7 Å². The standard InChI is InChI=1S/C36H26N8/c37-21-9-1-5-17-25-13-30-34-19(7-3-10-22(34)38)27(42-30)15-32-36-20(8-4-12-24(36)40)28(44-32)16-31-35-18(6-2-11-23(35)39)26(43-31)14-29(41-25)33(17)21/h1-16,41,44H,37-40H2. The van der Waals surface area contributed by atoms with Gasteiger partial charge in [0, 0.05) is 77.6 Å². The van der Waals surface area contributed by atoms with E-state index < -0.39 is 0 Å². The maximum absolute atomic E-state index is 6.59. The average molecular weight is 571 g/mol. The molecule has 8 heteroatoms. The summed E-state index contributed by atoms with van der Waals surface area (Å²) in [6.45, 7) is 0. The smallest absolute Gasteiger partial charge is 0.0757 e. The number of H-pyrrole nitrogens is 2. The minimum Gasteiger partial charge on any atom is -0.398 e. The third kappa shape index (κ3) is 3.33. The van der Waals surface area contributed by atoms with Gasteiger partial charge in [0.2, 0.25) is 0 Å². The van der Waals surface area contributed by atoms with E-state index in [1.54, 1.807) is 0 Å². The third-order valence-corrected chi connectivity index (χ3v) is 8.71. The Morgan fingerprint density at radius 2 is 0.795 bits per heavy atom. The SMILES string of the molecule is Nc1cccc2c1-c1cc3[nH]c(cc4nc(cc5[nH]c(cc-2n1)c1c(N)cccc51)-c1c(N)cccc1-4)c1c(N)cccc31. The van der Waals surface area contributed by atoms with Crippen molar-refractivity contribution in [1.29, 1.82) is 0 Å². The summed E-state index contributed by atoms with van der Waals surface area (Å²) in [5, 5.41) is 3.79. The van der Waals surface area contributed by atoms with E-state index in [1.807, 2.05) is 84.9 Å². The summed E-state index contributed by atoms with van der Waals surface area (Å²) in [5.41, 5.74) is 39.2. The van der Waals surface area contributed by atoms with Gasteiger partial charge in [-0.3, -0.25) is 0 Å². The monoisotopic (exact) mass is 570 g/mol. The van der Waals surface area contributed by atoms with Crippen LogP contribution in [0.1, 0.15) is 0 Å². The van der Waals surface area contributed by atoms with Crippen molar-refractivity contribution in [3.8, 4) is 45.0 Å². The van der Waals surface area contributed by atoms with Crippen LogP contribution >= 0.6 is 0 Å². The zero-order chi connectivity index (χ0) is 29.7. The van der Waals surface area contributed by atoms with Crippen LogP contribution in [-0.4, -0.2) is 19.9 Å². The Balaban J connectivity index is 1.54. The highest BCUT2D eigenvalue weighted by Crippen LogP contribution is 2.44. The van der Waals surface area contributed by atoms with Gasteiger partial charge in [-0.1, -0.05) is 48.5 Å². The number of rotatable bonds is 0. The lowest BCUT2D eigenvalue weighted by atomic mass is 10.0. The second kappa shape index (κ2) is 8.62. The molecule has 0 spiro atoms. The molecule has 0 saturated heterocycles. The number of aromatic amines is 2. The zero-order valence-corrected chi connectivity index (χ0v) is 23.4. The van der Waals surface area contributed by atoms with Crippen molar-refractivity contribution < 1.29 is 0 Å². The molecule has 0 atom stereocenters. The van der Waals surface area contributed by atoms with E-state index in [1.165, 1.54) is 0 Å². The fourth-order valence-corrected chi connectivity index (χ4v) is 6.79. The molecule has 9 rings (SSSR count). The number of anilines is 4. The predicted molar refractivity (Wildman–Crippen MR) is 183 cm³/mol. The minimum atomic E-state index is 0.656. The molecule has 0 fully saturated rings. The number of nitrogen functional groups attached to an aromatic ring is 4. The van der Waals surface area contributed by atoms with Gasteiger partial charge >= 0.3 is 0 Å². The number of aromatic nitrogens is 4. The van der Waals surface area contributed by atoms with Crippen LogP contribution in [0.15, 0.2) is 97.1 Å². The van der Waals surface area contributed by atoms with Gasteiger partial charge in [0.15, 0.2) is 0 Å². The zero-order valence-electron chi connectivity index (χ0n) is 23.4. The Kier molecular flexibility index (Phi) is 4.77. The van der Waals surface area contributed by atoms with Crippen molar-refractivity contribution in [2.75, 3.05) is 22.9 Å². The highest BCUT2D eigenvalue weighted by Gasteiger charge is 2.22. The number of nitrogens with two attached hydrogens (primary N) is 4. The molecule has 0 aliphatic carbocycles. The first-order valence-corrected chi connectivity index (χ1v) is 14.3. The van der Waals surface area contributed by atoms with Crippen LogP contribution < -0.4 is 22.9 Å². The Hall–Kier alpha value is -6.28. The van der Waals surface area contributed by atoms with E-state index in [-0.39, 0.29) is 0 Å². The van der Waals surface area contributed by atoms with E-state index >= 15 is 0 Å². The van der Waals surface area contributed by atoms with Crippen molar-refractivity contribution in [3.63, 3.8) is 0 Å². The first kappa shape index (κ1) is 24.3. The lowest BCUT2D eigenvalue weighted by Crippen LogP contribution is -1.89. The predicted octanol–water partition coefficient (Wildman–Crippen LogP) is 7.62. The highest BCUT2D eigenvalue weighted by molar-refractivity contribution is 6.15. The van der Waals surface area contributed by atoms with Crippen LogP contribution in [0.3, 0.4) is 0 Å². The van der Waals surface area contributed by atoms with Crippen molar-refractivity contribution in [2.45, 2.75) is 0 Å². The molecule has 8 nitrogen and oxygen atoms in total. The molecular weight excluding hydrogens is 544 g/mol. The molecular formula is C36H26N8. The van der Waals surface area contributed by atoms with Gasteiger partial charge in [0.05, 0.1) is 33.8 Å². The molecule has 2 aliphatic rings. The Morgan fingerprint density at radius 3 is 1.25 bits per heavy atom. The average Bonchev–Trinajstić information content (AvgIpc) is 3.74. The van der Waals surface area contributed by atoms with Crippen LogP contribution in [0, 0.1) is 0 Å². The van der Waals surface area contributed by atoms with Crippen LogP contribution in [0.2, 0.25) is 0 Å². The maximum atomic E-state index is 6.59. The van der Waals surface area contributed by atoms with Gasteiger partial charge in [-0.25, -0.2) is 9.97 Å². The molecule has 3 aromatic heterocycles. The number of fused-ring (bicyclic) bond motifs is 20. The van der Waals surface area contributed by atoms with Gasteiger partial charge in [0.25, 0.3) is 0 Å². The van der Waals surface area contributed by atoms with Crippen LogP contribution in [-0.2, 0) is 0 Å². The number of nitrogens with zero attached hydrogens (tertiary/aromatic N) is 2. The van der Waals surface area contributed by atoms with Crippen molar-refractivity contribution >= 4 is 66.4 Å². The minimum absolute atomic E-state index is 0.656. The molecule has 8 bridgehead atoms. The maximum Gasteiger partial charge on any atom is 0.0757 e. The fourth-order valence-electron chi connectivity index (χ4n) is 6.79. The van der Waals surface area contributed by atoms with E-state index in [0.717, 1.165) is 88.6 Å². The van der Waals surface area contributed by atoms with E-state index in [0.29, 0.717) is 22.7 Å². The van der Waals surface area contributed by atoms with Gasteiger partial charge in [-0.05, 0) is 48.5 Å². The quantitative estimate of drug-likeness (QED) is 0.103. The summed E-state index contributed by atoms with van der Waals surface area (Å²) in [4.78, 5) is 17.5.